The predicted octanol–water partition coefficient (Wildman–Crippen LogP) is 3.59. The van der Waals surface area contributed by atoms with Crippen LogP contribution < -0.4 is 21.1 Å². The Kier molecular flexibility index (Phi) is 8.83. The molecule has 3 rings (SSSR count). The molecule has 11 heteroatoms. The Hall–Kier alpha value is -3.11. The van der Waals surface area contributed by atoms with Gasteiger partial charge in [0.2, 0.25) is 17.8 Å². The van der Waals surface area contributed by atoms with Gasteiger partial charge in [-0.2, -0.15) is 15.0 Å². The van der Waals surface area contributed by atoms with Crippen LogP contribution in [0.2, 0.25) is 0 Å². The predicted molar refractivity (Wildman–Crippen MR) is 110 cm³/mol. The number of amides is 1. The Morgan fingerprint density at radius 2 is 1.84 bits per heavy atom. The van der Waals surface area contributed by atoms with Crippen molar-refractivity contribution in [2.75, 3.05) is 18.1 Å². The van der Waals surface area contributed by atoms with Crippen LogP contribution in [0.15, 0.2) is 24.3 Å². The lowest BCUT2D eigenvalue weighted by molar-refractivity contribution is -0.274. The lowest BCUT2D eigenvalue weighted by Crippen LogP contribution is -2.31. The molecule has 0 radical (unpaired) electrons. The first-order valence-corrected chi connectivity index (χ1v) is 9.95. The molecule has 0 atom stereocenters. The van der Waals surface area contributed by atoms with E-state index in [-0.39, 0.29) is 30.1 Å². The number of nitrogens with zero attached hydrogens (tertiary/aromatic N) is 3. The van der Waals surface area contributed by atoms with Gasteiger partial charge < -0.3 is 21.1 Å². The maximum absolute atomic E-state index is 12.3. The molecule has 0 saturated heterocycles. The van der Waals surface area contributed by atoms with E-state index in [1.165, 1.54) is 18.2 Å². The third-order valence-electron chi connectivity index (χ3n) is 4.62. The van der Waals surface area contributed by atoms with Gasteiger partial charge in [0, 0.05) is 25.1 Å². The largest absolute Gasteiger partial charge is 0.573 e. The lowest BCUT2D eigenvalue weighted by Gasteiger charge is -2.21. The molecule has 0 unspecified atom stereocenters. The van der Waals surface area contributed by atoms with Crippen molar-refractivity contribution in [2.45, 2.75) is 51.9 Å². The van der Waals surface area contributed by atoms with E-state index in [1.807, 2.05) is 0 Å². The molecule has 1 heterocycles. The van der Waals surface area contributed by atoms with Crippen LogP contribution in [-0.2, 0) is 11.3 Å². The molecule has 2 aromatic rings. The summed E-state index contributed by atoms with van der Waals surface area (Å²) in [6.45, 7) is 1.81. The van der Waals surface area contributed by atoms with Gasteiger partial charge in [0.1, 0.15) is 11.6 Å². The number of hydrogen-bond acceptors (Lipinski definition) is 7. The van der Waals surface area contributed by atoms with E-state index in [9.17, 15) is 18.0 Å². The number of rotatable bonds is 5. The molecule has 31 heavy (non-hydrogen) atoms. The van der Waals surface area contributed by atoms with E-state index in [1.54, 1.807) is 20.0 Å². The van der Waals surface area contributed by atoms with Crippen LogP contribution in [0.25, 0.3) is 0 Å². The summed E-state index contributed by atoms with van der Waals surface area (Å²) in [5.74, 6) is 0.999. The molecular formula is C20H27F3N6O2. The Balaban J connectivity index is 0.000000285. The molecule has 0 bridgehead atoms. The van der Waals surface area contributed by atoms with Crippen molar-refractivity contribution in [2.24, 2.45) is 5.92 Å². The van der Waals surface area contributed by atoms with E-state index in [2.05, 4.69) is 30.3 Å². The number of benzene rings is 1. The maximum Gasteiger partial charge on any atom is 0.573 e. The number of aryl methyl sites for hydroxylation is 1. The van der Waals surface area contributed by atoms with E-state index in [4.69, 9.17) is 5.73 Å². The van der Waals surface area contributed by atoms with E-state index in [0.29, 0.717) is 17.3 Å². The number of alkyl halides is 3. The molecule has 1 fully saturated rings. The molecule has 8 nitrogen and oxygen atoms in total. The lowest BCUT2D eigenvalue weighted by atomic mass is 9.88. The number of halogens is 3. The number of ether oxygens (including phenoxy) is 1. The molecule has 4 N–H and O–H groups in total. The fourth-order valence-electron chi connectivity index (χ4n) is 3.18. The summed E-state index contributed by atoms with van der Waals surface area (Å²) in [5, 5.41) is 5.47. The second kappa shape index (κ2) is 11.3. The van der Waals surface area contributed by atoms with Crippen molar-refractivity contribution in [3.63, 3.8) is 0 Å². The summed E-state index contributed by atoms with van der Waals surface area (Å²) in [6.07, 6.45) is 0.187. The Bertz CT molecular complexity index is 837. The minimum absolute atomic E-state index is 0.0190. The van der Waals surface area contributed by atoms with Crippen molar-refractivity contribution in [3.05, 3.63) is 35.7 Å². The van der Waals surface area contributed by atoms with Crippen LogP contribution in [0.5, 0.6) is 5.75 Å². The molecule has 170 valence electrons. The number of anilines is 2. The van der Waals surface area contributed by atoms with Crippen LogP contribution in [0.1, 0.15) is 43.5 Å². The van der Waals surface area contributed by atoms with E-state index >= 15 is 0 Å². The van der Waals surface area contributed by atoms with Gasteiger partial charge in [0.25, 0.3) is 0 Å². The third kappa shape index (κ3) is 8.65. The first kappa shape index (κ1) is 24.2. The number of carbonyl (C=O) groups is 1. The number of nitrogen functional groups attached to an aromatic ring is 1. The van der Waals surface area contributed by atoms with Crippen LogP contribution in [0.3, 0.4) is 0 Å². The summed E-state index contributed by atoms with van der Waals surface area (Å²) >= 11 is 0. The fraction of sp³-hybridized carbons (Fsp3) is 0.500. The fourth-order valence-corrected chi connectivity index (χ4v) is 3.18. The minimum Gasteiger partial charge on any atom is -0.405 e. The van der Waals surface area contributed by atoms with Crippen molar-refractivity contribution in [3.8, 4) is 5.75 Å². The highest BCUT2D eigenvalue weighted by Crippen LogP contribution is 2.27. The van der Waals surface area contributed by atoms with Gasteiger partial charge in [-0.25, -0.2) is 0 Å². The van der Waals surface area contributed by atoms with Crippen molar-refractivity contribution >= 4 is 17.8 Å². The van der Waals surface area contributed by atoms with Gasteiger partial charge in [-0.15, -0.1) is 13.2 Å². The molecule has 1 amide bonds. The summed E-state index contributed by atoms with van der Waals surface area (Å²) in [6, 6.07) is 5.84. The molecule has 1 saturated carbocycles. The zero-order valence-electron chi connectivity index (χ0n) is 17.5. The van der Waals surface area contributed by atoms with Crippen LogP contribution in [-0.4, -0.2) is 34.3 Å². The smallest absolute Gasteiger partial charge is 0.405 e. The number of hydrogen-bond donors (Lipinski definition) is 3. The molecule has 0 spiro atoms. The van der Waals surface area contributed by atoms with Gasteiger partial charge in [0.15, 0.2) is 0 Å². The molecular weight excluding hydrogens is 413 g/mol. The number of para-hydroxylation sites is 1. The second-order valence-corrected chi connectivity index (χ2v) is 7.02. The maximum atomic E-state index is 12.3. The van der Waals surface area contributed by atoms with Crippen molar-refractivity contribution < 1.29 is 22.7 Å². The second-order valence-electron chi connectivity index (χ2n) is 7.02. The van der Waals surface area contributed by atoms with Gasteiger partial charge in [-0.1, -0.05) is 37.5 Å². The zero-order valence-corrected chi connectivity index (χ0v) is 17.5. The SMILES string of the molecule is CNc1nc(C)nc(N)n1.O=C(NCc1ccccc1OC(F)(F)F)C1CCCCC1. The molecule has 1 aromatic carbocycles. The summed E-state index contributed by atoms with van der Waals surface area (Å²) in [4.78, 5) is 23.5. The Labute approximate surface area is 178 Å². The molecule has 1 aromatic heterocycles. The number of carbonyl (C=O) groups excluding carboxylic acids is 1. The quantitative estimate of drug-likeness (QED) is 0.651. The van der Waals surface area contributed by atoms with Crippen LogP contribution >= 0.6 is 0 Å². The first-order valence-electron chi connectivity index (χ1n) is 9.95. The van der Waals surface area contributed by atoms with Gasteiger partial charge in [-0.05, 0) is 25.8 Å². The van der Waals surface area contributed by atoms with Crippen LogP contribution in [0.4, 0.5) is 25.1 Å². The highest BCUT2D eigenvalue weighted by Gasteiger charge is 2.32. The molecule has 1 aliphatic carbocycles. The van der Waals surface area contributed by atoms with Crippen molar-refractivity contribution in [1.82, 2.24) is 20.3 Å². The van der Waals surface area contributed by atoms with Gasteiger partial charge >= 0.3 is 6.36 Å². The standard InChI is InChI=1S/C15H18F3NO2.C5H9N5/c16-15(17,18)21-13-9-5-4-8-12(13)10-19-14(20)11-6-2-1-3-7-11;1-3-8-4(6)10-5(7-2)9-3/h4-5,8-9,11H,1-3,6-7,10H2,(H,19,20);1-2H3,(H3,6,7,8,9,10). The topological polar surface area (TPSA) is 115 Å². The highest BCUT2D eigenvalue weighted by atomic mass is 19.4. The van der Waals surface area contributed by atoms with Crippen LogP contribution in [0, 0.1) is 12.8 Å². The van der Waals surface area contributed by atoms with E-state index < -0.39 is 6.36 Å². The summed E-state index contributed by atoms with van der Waals surface area (Å²) < 4.78 is 40.9. The Morgan fingerprint density at radius 1 is 1.16 bits per heavy atom. The number of nitrogens with two attached hydrogens (primary N) is 1. The minimum atomic E-state index is -4.73. The average molecular weight is 440 g/mol. The number of nitrogens with one attached hydrogen (secondary N) is 2. The Morgan fingerprint density at radius 3 is 2.45 bits per heavy atom. The molecule has 0 aliphatic heterocycles. The summed E-state index contributed by atoms with van der Waals surface area (Å²) in [7, 11) is 1.73. The first-order chi connectivity index (χ1) is 14.7. The monoisotopic (exact) mass is 440 g/mol. The zero-order chi connectivity index (χ0) is 22.9. The van der Waals surface area contributed by atoms with Gasteiger partial charge in [-0.3, -0.25) is 4.79 Å². The van der Waals surface area contributed by atoms with Crippen molar-refractivity contribution in [1.29, 1.82) is 0 Å². The number of aromatic nitrogens is 3. The normalized spacial score (nSPS) is 14.2. The highest BCUT2D eigenvalue weighted by molar-refractivity contribution is 5.78. The average Bonchev–Trinajstić information content (AvgIpc) is 2.72. The van der Waals surface area contributed by atoms with Gasteiger partial charge in [0.05, 0.1) is 0 Å². The van der Waals surface area contributed by atoms with E-state index in [0.717, 1.165) is 32.1 Å². The molecule has 1 aliphatic rings. The summed E-state index contributed by atoms with van der Waals surface area (Å²) in [5.41, 5.74) is 5.65. The third-order valence-corrected chi connectivity index (χ3v) is 4.62.